The molecule has 0 aromatic carbocycles. The lowest BCUT2D eigenvalue weighted by Crippen LogP contribution is -2.34. The van der Waals surface area contributed by atoms with Crippen molar-refractivity contribution in [1.82, 2.24) is 14.9 Å². The Bertz CT molecular complexity index is 447. The summed E-state index contributed by atoms with van der Waals surface area (Å²) in [6.07, 6.45) is 3.63. The van der Waals surface area contributed by atoms with Gasteiger partial charge < -0.3 is 15.3 Å². The lowest BCUT2D eigenvalue weighted by atomic mass is 10.1. The van der Waals surface area contributed by atoms with Crippen molar-refractivity contribution in [1.29, 1.82) is 0 Å². The second kappa shape index (κ2) is 4.89. The summed E-state index contributed by atoms with van der Waals surface area (Å²) in [5.41, 5.74) is -0.478. The summed E-state index contributed by atoms with van der Waals surface area (Å²) in [6, 6.07) is 0. The highest BCUT2D eigenvalue weighted by Gasteiger charge is 2.34. The van der Waals surface area contributed by atoms with Crippen LogP contribution in [0.2, 0.25) is 0 Å². The minimum Gasteiger partial charge on any atom is -0.388 e. The van der Waals surface area contributed by atoms with E-state index < -0.39 is 5.60 Å². The normalized spacial score (nSPS) is 23.2. The zero-order valence-corrected chi connectivity index (χ0v) is 10.7. The van der Waals surface area contributed by atoms with Crippen molar-refractivity contribution in [2.45, 2.75) is 25.9 Å². The fraction of sp³-hybridized carbons (Fsp3) is 0.583. The maximum atomic E-state index is 12.2. The predicted molar refractivity (Wildman–Crippen MR) is 67.3 cm³/mol. The number of rotatable bonds is 3. The Morgan fingerprint density at radius 3 is 3.00 bits per heavy atom. The summed E-state index contributed by atoms with van der Waals surface area (Å²) in [7, 11) is 0. The van der Waals surface area contributed by atoms with Gasteiger partial charge in [0.15, 0.2) is 0 Å². The monoisotopic (exact) mass is 250 g/mol. The third-order valence-electron chi connectivity index (χ3n) is 2.95. The van der Waals surface area contributed by atoms with E-state index in [1.807, 2.05) is 6.92 Å². The summed E-state index contributed by atoms with van der Waals surface area (Å²) >= 11 is 0. The molecule has 1 fully saturated rings. The number of nitrogens with zero attached hydrogens (tertiary/aromatic N) is 3. The molecule has 6 nitrogen and oxygen atoms in total. The molecule has 1 aliphatic heterocycles. The van der Waals surface area contributed by atoms with Gasteiger partial charge in [-0.3, -0.25) is 9.78 Å². The average Bonchev–Trinajstić information content (AvgIpc) is 2.70. The number of β-amino-alcohol motifs (C(OH)–C–C–N with tert-alkyl or cyclic N) is 1. The Balaban J connectivity index is 2.12. The van der Waals surface area contributed by atoms with E-state index >= 15 is 0 Å². The topological polar surface area (TPSA) is 78.4 Å². The molecule has 0 spiro atoms. The smallest absolute Gasteiger partial charge is 0.274 e. The molecule has 98 valence electrons. The third kappa shape index (κ3) is 2.76. The summed E-state index contributed by atoms with van der Waals surface area (Å²) < 4.78 is 0. The number of carbonyl (C=O) groups is 1. The van der Waals surface area contributed by atoms with E-state index in [4.69, 9.17) is 0 Å². The van der Waals surface area contributed by atoms with Crippen LogP contribution in [-0.4, -0.2) is 51.1 Å². The molecule has 1 unspecified atom stereocenters. The highest BCUT2D eigenvalue weighted by atomic mass is 16.3. The number of carbonyl (C=O) groups excluding carboxylic acids is 1. The summed E-state index contributed by atoms with van der Waals surface area (Å²) in [5.74, 6) is 0.411. The first kappa shape index (κ1) is 12.8. The summed E-state index contributed by atoms with van der Waals surface area (Å²) in [4.78, 5) is 22.0. The van der Waals surface area contributed by atoms with Crippen LogP contribution in [0.25, 0.3) is 0 Å². The van der Waals surface area contributed by atoms with Gasteiger partial charge in [0.05, 0.1) is 18.0 Å². The van der Waals surface area contributed by atoms with Gasteiger partial charge in [-0.2, -0.15) is 0 Å². The average molecular weight is 250 g/mol. The lowest BCUT2D eigenvalue weighted by molar-refractivity contribution is 0.0569. The molecule has 1 aromatic heterocycles. The number of anilines is 1. The van der Waals surface area contributed by atoms with Crippen LogP contribution < -0.4 is 5.32 Å². The van der Waals surface area contributed by atoms with E-state index in [1.165, 1.54) is 6.20 Å². The fourth-order valence-corrected chi connectivity index (χ4v) is 2.02. The Labute approximate surface area is 106 Å². The van der Waals surface area contributed by atoms with Gasteiger partial charge in [-0.15, -0.1) is 0 Å². The van der Waals surface area contributed by atoms with Crippen molar-refractivity contribution in [2.24, 2.45) is 0 Å². The van der Waals surface area contributed by atoms with Crippen molar-refractivity contribution in [2.75, 3.05) is 25.0 Å². The molecule has 0 saturated carbocycles. The van der Waals surface area contributed by atoms with Crippen molar-refractivity contribution in [3.63, 3.8) is 0 Å². The van der Waals surface area contributed by atoms with Crippen LogP contribution in [0.1, 0.15) is 30.8 Å². The van der Waals surface area contributed by atoms with E-state index in [0.717, 1.165) is 6.54 Å². The minimum absolute atomic E-state index is 0.181. The first-order valence-corrected chi connectivity index (χ1v) is 6.09. The molecule has 0 radical (unpaired) electrons. The van der Waals surface area contributed by atoms with E-state index in [9.17, 15) is 9.90 Å². The van der Waals surface area contributed by atoms with Gasteiger partial charge in [0.25, 0.3) is 5.91 Å². The third-order valence-corrected chi connectivity index (χ3v) is 2.95. The summed E-state index contributed by atoms with van der Waals surface area (Å²) in [6.45, 7) is 5.32. The molecule has 18 heavy (non-hydrogen) atoms. The predicted octanol–water partition coefficient (Wildman–Crippen LogP) is 0.505. The molecular formula is C12H18N4O2. The molecule has 1 aliphatic rings. The second-order valence-corrected chi connectivity index (χ2v) is 4.79. The van der Waals surface area contributed by atoms with Crippen LogP contribution in [-0.2, 0) is 0 Å². The molecule has 0 aliphatic carbocycles. The van der Waals surface area contributed by atoms with Gasteiger partial charge in [-0.25, -0.2) is 4.98 Å². The van der Waals surface area contributed by atoms with Gasteiger partial charge in [0, 0.05) is 19.6 Å². The van der Waals surface area contributed by atoms with Gasteiger partial charge in [-0.05, 0) is 20.3 Å². The molecule has 2 rings (SSSR count). The highest BCUT2D eigenvalue weighted by molar-refractivity contribution is 5.92. The number of likely N-dealkylation sites (tertiary alicyclic amines) is 1. The van der Waals surface area contributed by atoms with Crippen LogP contribution in [0.15, 0.2) is 12.4 Å². The zero-order valence-electron chi connectivity index (χ0n) is 10.7. The van der Waals surface area contributed by atoms with E-state index in [1.54, 1.807) is 18.0 Å². The molecule has 2 N–H and O–H groups in total. The number of hydrogen-bond acceptors (Lipinski definition) is 5. The maximum absolute atomic E-state index is 12.2. The van der Waals surface area contributed by atoms with Gasteiger partial charge in [0.2, 0.25) is 0 Å². The Morgan fingerprint density at radius 1 is 1.61 bits per heavy atom. The van der Waals surface area contributed by atoms with Crippen molar-refractivity contribution >= 4 is 11.7 Å². The van der Waals surface area contributed by atoms with Gasteiger partial charge in [-0.1, -0.05) is 0 Å². The first-order valence-electron chi connectivity index (χ1n) is 6.09. The number of aromatic nitrogens is 2. The van der Waals surface area contributed by atoms with Crippen LogP contribution in [0.4, 0.5) is 5.82 Å². The molecule has 1 aromatic rings. The molecule has 1 atom stereocenters. The lowest BCUT2D eigenvalue weighted by Gasteiger charge is -2.18. The quantitative estimate of drug-likeness (QED) is 0.817. The van der Waals surface area contributed by atoms with Crippen LogP contribution >= 0.6 is 0 Å². The molecule has 0 bridgehead atoms. The number of amides is 1. The van der Waals surface area contributed by atoms with Crippen molar-refractivity contribution < 1.29 is 9.90 Å². The molecule has 2 heterocycles. The number of aliphatic hydroxyl groups is 1. The van der Waals surface area contributed by atoms with E-state index in [-0.39, 0.29) is 5.91 Å². The highest BCUT2D eigenvalue weighted by Crippen LogP contribution is 2.21. The fourth-order valence-electron chi connectivity index (χ4n) is 2.02. The number of nitrogens with one attached hydrogen (secondary N) is 1. The molecule has 1 saturated heterocycles. The van der Waals surface area contributed by atoms with Crippen molar-refractivity contribution in [3.05, 3.63) is 18.1 Å². The van der Waals surface area contributed by atoms with Crippen LogP contribution in [0, 0.1) is 0 Å². The largest absolute Gasteiger partial charge is 0.388 e. The van der Waals surface area contributed by atoms with Crippen LogP contribution in [0.3, 0.4) is 0 Å². The number of hydrogen-bond donors (Lipinski definition) is 2. The first-order chi connectivity index (χ1) is 8.52. The second-order valence-electron chi connectivity index (χ2n) is 4.79. The van der Waals surface area contributed by atoms with Gasteiger partial charge >= 0.3 is 0 Å². The van der Waals surface area contributed by atoms with Crippen molar-refractivity contribution in [3.8, 4) is 0 Å². The van der Waals surface area contributed by atoms with Gasteiger partial charge in [0.1, 0.15) is 11.5 Å². The van der Waals surface area contributed by atoms with E-state index in [0.29, 0.717) is 31.0 Å². The summed E-state index contributed by atoms with van der Waals surface area (Å²) in [5, 5.41) is 12.9. The molecule has 6 heteroatoms. The minimum atomic E-state index is -0.789. The molecule has 1 amide bonds. The zero-order chi connectivity index (χ0) is 13.2. The Kier molecular flexibility index (Phi) is 3.47. The SMILES string of the molecule is CCNc1cncc(C(=O)N2CCC(C)(O)C2)n1. The molecular weight excluding hydrogens is 232 g/mol. The standard InChI is InChI=1S/C12H18N4O2/c1-3-14-10-7-13-6-9(15-10)11(17)16-5-4-12(2,18)8-16/h6-7,18H,3-5,8H2,1-2H3,(H,14,15). The Hall–Kier alpha value is -1.69. The Morgan fingerprint density at radius 2 is 2.39 bits per heavy atom. The van der Waals surface area contributed by atoms with E-state index in [2.05, 4.69) is 15.3 Å². The maximum Gasteiger partial charge on any atom is 0.274 e. The van der Waals surface area contributed by atoms with Crippen LogP contribution in [0.5, 0.6) is 0 Å².